The Kier molecular flexibility index (Phi) is 8.88. The fourth-order valence-corrected chi connectivity index (χ4v) is 2.96. The van der Waals surface area contributed by atoms with Gasteiger partial charge in [-0.05, 0) is 18.4 Å². The normalized spacial score (nSPS) is 22.1. The average Bonchev–Trinajstić information content (AvgIpc) is 2.50. The summed E-state index contributed by atoms with van der Waals surface area (Å²) in [6.07, 6.45) is 20.1. The fourth-order valence-electron chi connectivity index (χ4n) is 2.96. The lowest BCUT2D eigenvalue weighted by Gasteiger charge is -2.31. The molecule has 0 bridgehead atoms. The Bertz CT molecular complexity index is 307. The third-order valence-corrected chi connectivity index (χ3v) is 4.59. The molecule has 2 nitrogen and oxygen atoms in total. The first-order valence-electron chi connectivity index (χ1n) is 8.55. The lowest BCUT2D eigenvalue weighted by atomic mass is 9.76. The zero-order valence-corrected chi connectivity index (χ0v) is 13.4. The van der Waals surface area contributed by atoms with Crippen LogP contribution in [0.25, 0.3) is 0 Å². The topological polar surface area (TPSA) is 52.0 Å². The molecule has 0 amide bonds. The Balaban J connectivity index is 2.14. The van der Waals surface area contributed by atoms with Crippen molar-refractivity contribution in [3.63, 3.8) is 0 Å². The van der Waals surface area contributed by atoms with Crippen LogP contribution in [0.15, 0.2) is 23.8 Å². The van der Waals surface area contributed by atoms with Crippen LogP contribution in [-0.4, -0.2) is 13.1 Å². The van der Waals surface area contributed by atoms with Gasteiger partial charge in [0.25, 0.3) is 0 Å². The van der Waals surface area contributed by atoms with Crippen molar-refractivity contribution in [2.75, 3.05) is 13.1 Å². The molecule has 0 aromatic rings. The van der Waals surface area contributed by atoms with Crippen molar-refractivity contribution >= 4 is 0 Å². The maximum atomic E-state index is 6.01. The van der Waals surface area contributed by atoms with E-state index in [0.717, 1.165) is 13.0 Å². The smallest absolute Gasteiger partial charge is 0.0174 e. The van der Waals surface area contributed by atoms with E-state index in [9.17, 15) is 0 Å². The molecule has 0 aromatic carbocycles. The van der Waals surface area contributed by atoms with Gasteiger partial charge in [-0.2, -0.15) is 0 Å². The number of allylic oxidation sites excluding steroid dienone is 1. The van der Waals surface area contributed by atoms with E-state index in [4.69, 9.17) is 11.5 Å². The molecule has 4 N–H and O–H groups in total. The van der Waals surface area contributed by atoms with Crippen LogP contribution in [0.1, 0.15) is 71.1 Å². The number of hydrogen-bond acceptors (Lipinski definition) is 2. The van der Waals surface area contributed by atoms with E-state index in [1.54, 1.807) is 0 Å². The van der Waals surface area contributed by atoms with E-state index in [1.165, 1.54) is 63.4 Å². The van der Waals surface area contributed by atoms with Gasteiger partial charge in [-0.15, -0.1) is 0 Å². The van der Waals surface area contributed by atoms with Gasteiger partial charge in [0.1, 0.15) is 0 Å². The second-order valence-corrected chi connectivity index (χ2v) is 6.31. The Morgan fingerprint density at radius 2 is 1.65 bits per heavy atom. The van der Waals surface area contributed by atoms with E-state index < -0.39 is 0 Å². The van der Waals surface area contributed by atoms with Crippen molar-refractivity contribution in [1.29, 1.82) is 0 Å². The summed E-state index contributed by atoms with van der Waals surface area (Å²) >= 11 is 0. The summed E-state index contributed by atoms with van der Waals surface area (Å²) in [5.74, 6) is 0. The molecule has 1 rings (SSSR count). The molecular weight excluding hydrogens is 244 g/mol. The highest BCUT2D eigenvalue weighted by Gasteiger charge is 2.25. The van der Waals surface area contributed by atoms with Crippen molar-refractivity contribution < 1.29 is 0 Å². The number of nitrogens with two attached hydrogens (primary N) is 2. The minimum absolute atomic E-state index is 0.209. The van der Waals surface area contributed by atoms with Crippen LogP contribution in [0.3, 0.4) is 0 Å². The van der Waals surface area contributed by atoms with Crippen molar-refractivity contribution in [1.82, 2.24) is 0 Å². The van der Waals surface area contributed by atoms with Gasteiger partial charge in [0.05, 0.1) is 0 Å². The molecule has 1 aliphatic rings. The third-order valence-electron chi connectivity index (χ3n) is 4.59. The van der Waals surface area contributed by atoms with Crippen molar-refractivity contribution in [3.8, 4) is 0 Å². The fraction of sp³-hybridized carbons (Fsp3) is 0.778. The lowest BCUT2D eigenvalue weighted by Crippen LogP contribution is -2.29. The second-order valence-electron chi connectivity index (χ2n) is 6.31. The maximum Gasteiger partial charge on any atom is 0.0174 e. The predicted octanol–water partition coefficient (Wildman–Crippen LogP) is 4.31. The molecule has 0 saturated carbocycles. The summed E-state index contributed by atoms with van der Waals surface area (Å²) in [7, 11) is 0. The molecule has 0 radical (unpaired) electrons. The lowest BCUT2D eigenvalue weighted by molar-refractivity contribution is 0.343. The van der Waals surface area contributed by atoms with E-state index in [2.05, 4.69) is 25.2 Å². The van der Waals surface area contributed by atoms with Crippen LogP contribution in [0.5, 0.6) is 0 Å². The Morgan fingerprint density at radius 1 is 1.00 bits per heavy atom. The Hall–Kier alpha value is -0.600. The number of rotatable bonds is 11. The van der Waals surface area contributed by atoms with Gasteiger partial charge in [-0.25, -0.2) is 0 Å². The van der Waals surface area contributed by atoms with Crippen LogP contribution < -0.4 is 11.5 Å². The van der Waals surface area contributed by atoms with Crippen LogP contribution >= 0.6 is 0 Å². The van der Waals surface area contributed by atoms with E-state index in [1.807, 2.05) is 0 Å². The first-order valence-corrected chi connectivity index (χ1v) is 8.55. The summed E-state index contributed by atoms with van der Waals surface area (Å²) in [5, 5.41) is 0. The van der Waals surface area contributed by atoms with Crippen LogP contribution in [0.2, 0.25) is 0 Å². The monoisotopic (exact) mass is 278 g/mol. The van der Waals surface area contributed by atoms with Crippen molar-refractivity contribution in [3.05, 3.63) is 23.8 Å². The predicted molar refractivity (Wildman–Crippen MR) is 89.6 cm³/mol. The van der Waals surface area contributed by atoms with E-state index >= 15 is 0 Å². The molecular formula is C18H34N2. The summed E-state index contributed by atoms with van der Waals surface area (Å²) in [6.45, 7) is 3.68. The highest BCUT2D eigenvalue weighted by atomic mass is 14.6. The highest BCUT2D eigenvalue weighted by molar-refractivity contribution is 5.27. The zero-order valence-electron chi connectivity index (χ0n) is 13.4. The SMILES string of the molecule is CCCCCCCCCCC1(CN)C=CC(CN)=CC1. The van der Waals surface area contributed by atoms with Gasteiger partial charge in [-0.3, -0.25) is 0 Å². The number of hydrogen-bond donors (Lipinski definition) is 2. The minimum atomic E-state index is 0.209. The molecule has 2 heteroatoms. The molecule has 1 atom stereocenters. The molecule has 1 unspecified atom stereocenters. The van der Waals surface area contributed by atoms with E-state index in [-0.39, 0.29) is 5.41 Å². The van der Waals surface area contributed by atoms with Gasteiger partial charge in [0, 0.05) is 18.5 Å². The molecule has 0 fully saturated rings. The Morgan fingerprint density at radius 3 is 2.15 bits per heavy atom. The summed E-state index contributed by atoms with van der Waals surface area (Å²) in [5.41, 5.74) is 13.1. The minimum Gasteiger partial charge on any atom is -0.330 e. The first kappa shape index (κ1) is 17.5. The molecule has 116 valence electrons. The first-order chi connectivity index (χ1) is 9.76. The Labute approximate surface area is 125 Å². The van der Waals surface area contributed by atoms with Gasteiger partial charge in [-0.1, -0.05) is 76.5 Å². The van der Waals surface area contributed by atoms with Crippen molar-refractivity contribution in [2.24, 2.45) is 16.9 Å². The summed E-state index contributed by atoms with van der Waals surface area (Å²) < 4.78 is 0. The van der Waals surface area contributed by atoms with E-state index in [0.29, 0.717) is 6.54 Å². The molecule has 0 heterocycles. The van der Waals surface area contributed by atoms with Gasteiger partial charge >= 0.3 is 0 Å². The average molecular weight is 278 g/mol. The zero-order chi connectivity index (χ0) is 14.7. The molecule has 0 aliphatic heterocycles. The standard InChI is InChI=1S/C18H34N2/c1-2-3-4-5-6-7-8-9-12-18(16-20)13-10-17(15-19)11-14-18/h10-11,13H,2-9,12,14-16,19-20H2,1H3. The molecule has 0 spiro atoms. The van der Waals surface area contributed by atoms with Gasteiger partial charge in [0.15, 0.2) is 0 Å². The van der Waals surface area contributed by atoms with Gasteiger partial charge < -0.3 is 11.5 Å². The number of unbranched alkanes of at least 4 members (excludes halogenated alkanes) is 7. The van der Waals surface area contributed by atoms with Crippen LogP contribution in [0.4, 0.5) is 0 Å². The van der Waals surface area contributed by atoms with Crippen LogP contribution in [-0.2, 0) is 0 Å². The molecule has 1 aliphatic carbocycles. The molecule has 0 aromatic heterocycles. The second kappa shape index (κ2) is 10.2. The highest BCUT2D eigenvalue weighted by Crippen LogP contribution is 2.34. The summed E-state index contributed by atoms with van der Waals surface area (Å²) in [4.78, 5) is 0. The quantitative estimate of drug-likeness (QED) is 0.553. The van der Waals surface area contributed by atoms with Gasteiger partial charge in [0.2, 0.25) is 0 Å². The maximum absolute atomic E-state index is 6.01. The molecule has 20 heavy (non-hydrogen) atoms. The van der Waals surface area contributed by atoms with Crippen molar-refractivity contribution in [2.45, 2.75) is 71.1 Å². The third kappa shape index (κ3) is 6.23. The molecule has 0 saturated heterocycles. The summed E-state index contributed by atoms with van der Waals surface area (Å²) in [6, 6.07) is 0. The largest absolute Gasteiger partial charge is 0.330 e. The van der Waals surface area contributed by atoms with Crippen LogP contribution in [0, 0.1) is 5.41 Å².